The van der Waals surface area contributed by atoms with E-state index in [1.54, 1.807) is 18.2 Å². The van der Waals surface area contributed by atoms with Crippen molar-refractivity contribution in [2.24, 2.45) is 0 Å². The summed E-state index contributed by atoms with van der Waals surface area (Å²) in [5.74, 6) is 0.782. The molecule has 1 fully saturated rings. The third-order valence-electron chi connectivity index (χ3n) is 5.11. The first-order valence-electron chi connectivity index (χ1n) is 8.08. The molecule has 1 N–H and O–H groups in total. The Bertz CT molecular complexity index is 800. The summed E-state index contributed by atoms with van der Waals surface area (Å²) in [6.45, 7) is 1.76. The number of benzene rings is 2. The van der Waals surface area contributed by atoms with E-state index in [9.17, 15) is 4.79 Å². The van der Waals surface area contributed by atoms with Crippen LogP contribution in [0.15, 0.2) is 42.5 Å². The highest BCUT2D eigenvalue weighted by atomic mass is 35.5. The molecule has 4 rings (SSSR count). The number of para-hydroxylation sites is 1. The van der Waals surface area contributed by atoms with Crippen molar-refractivity contribution < 1.29 is 9.53 Å². The zero-order valence-corrected chi connectivity index (χ0v) is 14.5. The molecule has 0 bridgehead atoms. The van der Waals surface area contributed by atoms with Gasteiger partial charge in [-0.15, -0.1) is 0 Å². The fourth-order valence-electron chi connectivity index (χ4n) is 3.87. The number of halogens is 2. The molecule has 0 unspecified atom stereocenters. The molecule has 2 aromatic rings. The molecule has 5 heteroatoms. The minimum Gasteiger partial charge on any atom is -0.481 e. The summed E-state index contributed by atoms with van der Waals surface area (Å²) in [6.07, 6.45) is 1.23. The molecule has 0 aromatic heterocycles. The summed E-state index contributed by atoms with van der Waals surface area (Å²) in [5, 5.41) is 4.21. The van der Waals surface area contributed by atoms with Gasteiger partial charge in [0.2, 0.25) is 5.78 Å². The van der Waals surface area contributed by atoms with Crippen LogP contribution in [0.5, 0.6) is 5.75 Å². The third-order valence-corrected chi connectivity index (χ3v) is 5.85. The van der Waals surface area contributed by atoms with Crippen LogP contribution in [0.3, 0.4) is 0 Å². The molecule has 124 valence electrons. The van der Waals surface area contributed by atoms with Crippen molar-refractivity contribution in [2.45, 2.75) is 24.4 Å². The monoisotopic (exact) mass is 361 g/mol. The minimum absolute atomic E-state index is 0.0355. The summed E-state index contributed by atoms with van der Waals surface area (Å²) >= 11 is 12.1. The Morgan fingerprint density at radius 3 is 2.58 bits per heavy atom. The maximum absolute atomic E-state index is 13.2. The first-order valence-corrected chi connectivity index (χ1v) is 8.83. The van der Waals surface area contributed by atoms with Gasteiger partial charge in [0.1, 0.15) is 5.75 Å². The summed E-state index contributed by atoms with van der Waals surface area (Å²) in [4.78, 5) is 13.2. The predicted molar refractivity (Wildman–Crippen MR) is 95.4 cm³/mol. The zero-order chi connectivity index (χ0) is 16.7. The van der Waals surface area contributed by atoms with Gasteiger partial charge in [-0.1, -0.05) is 41.4 Å². The summed E-state index contributed by atoms with van der Waals surface area (Å²) < 4.78 is 6.13. The van der Waals surface area contributed by atoms with Gasteiger partial charge in [-0.3, -0.25) is 4.79 Å². The third kappa shape index (κ3) is 2.43. The predicted octanol–water partition coefficient (Wildman–Crippen LogP) is 4.26. The molecule has 3 nitrogen and oxygen atoms in total. The zero-order valence-electron chi connectivity index (χ0n) is 13.0. The Hall–Kier alpha value is -1.55. The number of rotatable bonds is 2. The van der Waals surface area contributed by atoms with E-state index < -0.39 is 6.10 Å². The maximum atomic E-state index is 13.2. The number of hydrogen-bond acceptors (Lipinski definition) is 3. The lowest BCUT2D eigenvalue weighted by Gasteiger charge is -2.37. The van der Waals surface area contributed by atoms with Crippen molar-refractivity contribution >= 4 is 29.0 Å². The van der Waals surface area contributed by atoms with Crippen LogP contribution in [0.25, 0.3) is 0 Å². The minimum atomic E-state index is -0.519. The van der Waals surface area contributed by atoms with Crippen LogP contribution >= 0.6 is 23.2 Å². The quantitative estimate of drug-likeness (QED) is 0.812. The van der Waals surface area contributed by atoms with E-state index >= 15 is 0 Å². The largest absolute Gasteiger partial charge is 0.481 e. The summed E-state index contributed by atoms with van der Waals surface area (Å²) in [5.41, 5.74) is 1.41. The number of carbonyl (C=O) groups is 1. The average molecular weight is 362 g/mol. The van der Waals surface area contributed by atoms with E-state index in [4.69, 9.17) is 27.9 Å². The summed E-state index contributed by atoms with van der Waals surface area (Å²) in [6, 6.07) is 13.0. The molecule has 0 saturated carbocycles. The van der Waals surface area contributed by atoms with E-state index in [1.165, 1.54) is 0 Å². The van der Waals surface area contributed by atoms with Gasteiger partial charge in [0, 0.05) is 16.5 Å². The van der Waals surface area contributed by atoms with Crippen LogP contribution in [0.4, 0.5) is 0 Å². The van der Waals surface area contributed by atoms with Gasteiger partial charge in [-0.25, -0.2) is 0 Å². The lowest BCUT2D eigenvalue weighted by Crippen LogP contribution is -2.50. The van der Waals surface area contributed by atoms with Crippen molar-refractivity contribution in [2.75, 3.05) is 13.1 Å². The second kappa shape index (κ2) is 6.07. The van der Waals surface area contributed by atoms with E-state index in [0.717, 1.165) is 37.2 Å². The number of fused-ring (bicyclic) bond motifs is 2. The van der Waals surface area contributed by atoms with Crippen LogP contribution in [0.2, 0.25) is 10.0 Å². The van der Waals surface area contributed by atoms with Crippen LogP contribution in [-0.4, -0.2) is 25.0 Å². The van der Waals surface area contributed by atoms with Crippen molar-refractivity contribution in [3.05, 3.63) is 63.6 Å². The normalized spacial score (nSPS) is 21.3. The Morgan fingerprint density at radius 1 is 1.08 bits per heavy atom. The molecular weight excluding hydrogens is 345 g/mol. The van der Waals surface area contributed by atoms with E-state index in [2.05, 4.69) is 11.4 Å². The van der Waals surface area contributed by atoms with E-state index in [-0.39, 0.29) is 11.2 Å². The van der Waals surface area contributed by atoms with Gasteiger partial charge in [-0.05, 0) is 50.2 Å². The number of piperidine rings is 1. The van der Waals surface area contributed by atoms with Gasteiger partial charge < -0.3 is 10.1 Å². The topological polar surface area (TPSA) is 38.3 Å². The van der Waals surface area contributed by atoms with Gasteiger partial charge in [0.25, 0.3) is 0 Å². The first kappa shape index (κ1) is 15.9. The molecule has 0 aliphatic carbocycles. The number of ketones is 1. The fourth-order valence-corrected chi connectivity index (χ4v) is 4.17. The molecule has 1 saturated heterocycles. The van der Waals surface area contributed by atoms with Crippen LogP contribution in [0.1, 0.15) is 28.8 Å². The highest BCUT2D eigenvalue weighted by Gasteiger charge is 2.52. The number of nitrogens with one attached hydrogen (secondary N) is 1. The van der Waals surface area contributed by atoms with Crippen molar-refractivity contribution in [1.82, 2.24) is 5.32 Å². The second-order valence-electron chi connectivity index (χ2n) is 6.39. The first-order chi connectivity index (χ1) is 11.6. The van der Waals surface area contributed by atoms with Gasteiger partial charge >= 0.3 is 0 Å². The molecule has 2 heterocycles. The Labute approximate surface area is 150 Å². The molecule has 1 atom stereocenters. The van der Waals surface area contributed by atoms with E-state index in [1.807, 2.05) is 18.2 Å². The molecule has 0 amide bonds. The van der Waals surface area contributed by atoms with Gasteiger partial charge in [0.05, 0.1) is 10.0 Å². The van der Waals surface area contributed by atoms with E-state index in [0.29, 0.717) is 15.6 Å². The number of hydrogen-bond donors (Lipinski definition) is 1. The molecule has 2 aromatic carbocycles. The molecule has 24 heavy (non-hydrogen) atoms. The second-order valence-corrected chi connectivity index (χ2v) is 7.21. The highest BCUT2D eigenvalue weighted by Crippen LogP contribution is 2.49. The SMILES string of the molecule is O=C(c1ccc(Cl)c(Cl)c1)[C@@H]1Oc2ccccc2C12CCNCC2. The maximum Gasteiger partial charge on any atom is 0.204 e. The van der Waals surface area contributed by atoms with Crippen LogP contribution in [-0.2, 0) is 5.41 Å². The smallest absolute Gasteiger partial charge is 0.204 e. The standard InChI is InChI=1S/C19H17Cl2NO2/c20-14-6-5-12(11-15(14)21)17(23)18-19(7-9-22-10-8-19)13-3-1-2-4-16(13)24-18/h1-6,11,18,22H,7-10H2/t18-/m0/s1. The fraction of sp³-hybridized carbons (Fsp3) is 0.316. The highest BCUT2D eigenvalue weighted by molar-refractivity contribution is 6.42. The van der Waals surface area contributed by atoms with Gasteiger partial charge in [0.15, 0.2) is 6.10 Å². The number of Topliss-reactive ketones (excluding diaryl/α,β-unsaturated/α-hetero) is 1. The molecular formula is C19H17Cl2NO2. The Balaban J connectivity index is 1.76. The Kier molecular flexibility index (Phi) is 4.03. The Morgan fingerprint density at radius 2 is 1.83 bits per heavy atom. The van der Waals surface area contributed by atoms with Crippen molar-refractivity contribution in [1.29, 1.82) is 0 Å². The average Bonchev–Trinajstić information content (AvgIpc) is 2.92. The molecule has 2 aliphatic rings. The number of ether oxygens (including phenoxy) is 1. The molecule has 0 radical (unpaired) electrons. The lowest BCUT2D eigenvalue weighted by molar-refractivity contribution is 0.0648. The van der Waals surface area contributed by atoms with Crippen LogP contribution < -0.4 is 10.1 Å². The lowest BCUT2D eigenvalue weighted by atomic mass is 9.68. The van der Waals surface area contributed by atoms with Gasteiger partial charge in [-0.2, -0.15) is 0 Å². The number of carbonyl (C=O) groups excluding carboxylic acids is 1. The van der Waals surface area contributed by atoms with Crippen molar-refractivity contribution in [3.8, 4) is 5.75 Å². The molecule has 2 aliphatic heterocycles. The van der Waals surface area contributed by atoms with Crippen molar-refractivity contribution in [3.63, 3.8) is 0 Å². The molecule has 1 spiro atoms. The summed E-state index contributed by atoms with van der Waals surface area (Å²) in [7, 11) is 0. The van der Waals surface area contributed by atoms with Crippen LogP contribution in [0, 0.1) is 0 Å².